The number of methoxy groups -OCH3 is 1. The van der Waals surface area contributed by atoms with Gasteiger partial charge in [0, 0.05) is 19.5 Å². The van der Waals surface area contributed by atoms with E-state index in [1.807, 2.05) is 0 Å². The summed E-state index contributed by atoms with van der Waals surface area (Å²) in [5.74, 6) is -1.34. The van der Waals surface area contributed by atoms with Crippen LogP contribution in [0.4, 0.5) is 4.79 Å². The van der Waals surface area contributed by atoms with E-state index in [9.17, 15) is 14.4 Å². The van der Waals surface area contributed by atoms with Gasteiger partial charge in [-0.25, -0.2) is 4.79 Å². The van der Waals surface area contributed by atoms with E-state index in [1.54, 1.807) is 6.92 Å². The zero-order chi connectivity index (χ0) is 14.1. The summed E-state index contributed by atoms with van der Waals surface area (Å²) in [4.78, 5) is 34.1. The van der Waals surface area contributed by atoms with Crippen molar-refractivity contribution in [3.63, 3.8) is 0 Å². The molecule has 0 aromatic carbocycles. The topological polar surface area (TPSA) is 95.9 Å². The Kier molecular flexibility index (Phi) is 7.50. The molecule has 0 radical (unpaired) electrons. The zero-order valence-electron chi connectivity index (χ0n) is 10.9. The summed E-state index contributed by atoms with van der Waals surface area (Å²) in [6.07, 6.45) is 1.15. The van der Waals surface area contributed by atoms with Crippen LogP contribution in [0.5, 0.6) is 0 Å². The fourth-order valence-corrected chi connectivity index (χ4v) is 1.28. The predicted molar refractivity (Wildman–Crippen MR) is 64.1 cm³/mol. The Bertz CT molecular complexity index is 306. The van der Waals surface area contributed by atoms with Gasteiger partial charge in [-0.3, -0.25) is 9.59 Å². The number of aliphatic carboxylic acids is 1. The van der Waals surface area contributed by atoms with Crippen LogP contribution in [0, 0.1) is 0 Å². The van der Waals surface area contributed by atoms with Gasteiger partial charge < -0.3 is 20.1 Å². The highest BCUT2D eigenvalue weighted by Gasteiger charge is 2.15. The second-order valence-electron chi connectivity index (χ2n) is 4.07. The molecule has 0 aromatic heterocycles. The number of amides is 2. The molecule has 0 saturated heterocycles. The molecule has 0 aliphatic heterocycles. The smallest absolute Gasteiger partial charge is 0.325 e. The van der Waals surface area contributed by atoms with E-state index in [0.717, 1.165) is 0 Å². The molecule has 0 bridgehead atoms. The lowest BCUT2D eigenvalue weighted by Gasteiger charge is -2.20. The molecule has 0 spiro atoms. The van der Waals surface area contributed by atoms with Gasteiger partial charge in [-0.05, 0) is 19.8 Å². The van der Waals surface area contributed by atoms with Gasteiger partial charge in [0.05, 0.1) is 7.11 Å². The molecule has 7 heteroatoms. The minimum absolute atomic E-state index is 0.0816. The number of carboxylic acids is 1. The first-order chi connectivity index (χ1) is 8.36. The summed E-state index contributed by atoms with van der Waals surface area (Å²) >= 11 is 0. The number of nitrogens with zero attached hydrogens (tertiary/aromatic N) is 1. The number of carboxylic acid groups (broad SMARTS) is 1. The fraction of sp³-hybridized carbons (Fsp3) is 0.727. The summed E-state index contributed by atoms with van der Waals surface area (Å²) in [6.45, 7) is 1.66. The average molecular weight is 260 g/mol. The van der Waals surface area contributed by atoms with E-state index in [4.69, 9.17) is 5.11 Å². The van der Waals surface area contributed by atoms with Crippen molar-refractivity contribution >= 4 is 18.0 Å². The van der Waals surface area contributed by atoms with Crippen molar-refractivity contribution in [1.82, 2.24) is 10.2 Å². The normalized spacial score (nSPS) is 11.5. The van der Waals surface area contributed by atoms with Gasteiger partial charge >= 0.3 is 18.0 Å². The molecule has 18 heavy (non-hydrogen) atoms. The molecule has 2 amide bonds. The molecular weight excluding hydrogens is 240 g/mol. The summed E-state index contributed by atoms with van der Waals surface area (Å²) < 4.78 is 4.44. The van der Waals surface area contributed by atoms with E-state index in [1.165, 1.54) is 19.1 Å². The molecule has 0 aromatic rings. The van der Waals surface area contributed by atoms with Gasteiger partial charge in [0.15, 0.2) is 0 Å². The Labute approximate surface area is 106 Å². The summed E-state index contributed by atoms with van der Waals surface area (Å²) in [5, 5.41) is 11.1. The van der Waals surface area contributed by atoms with E-state index in [2.05, 4.69) is 10.1 Å². The lowest BCUT2D eigenvalue weighted by Crippen LogP contribution is -2.44. The number of ether oxygens (including phenoxy) is 1. The Morgan fingerprint density at radius 1 is 1.39 bits per heavy atom. The number of hydrogen-bond donors (Lipinski definition) is 2. The first kappa shape index (κ1) is 16.2. The molecule has 1 atom stereocenters. The number of rotatable bonds is 7. The first-order valence-electron chi connectivity index (χ1n) is 5.67. The lowest BCUT2D eigenvalue weighted by molar-refractivity contribution is -0.141. The molecular formula is C11H20N2O5. The molecule has 2 N–H and O–H groups in total. The fourth-order valence-electron chi connectivity index (χ4n) is 1.28. The SMILES string of the molecule is COC(=O)CN(C)C(=O)NC(C)CCCC(=O)O. The number of nitrogens with one attached hydrogen (secondary N) is 1. The Hall–Kier alpha value is -1.79. The van der Waals surface area contributed by atoms with Crippen molar-refractivity contribution in [2.24, 2.45) is 0 Å². The maximum atomic E-state index is 11.6. The molecule has 0 saturated carbocycles. The first-order valence-corrected chi connectivity index (χ1v) is 5.67. The molecule has 0 heterocycles. The third-order valence-electron chi connectivity index (χ3n) is 2.34. The van der Waals surface area contributed by atoms with Crippen LogP contribution in [0.25, 0.3) is 0 Å². The average Bonchev–Trinajstić information content (AvgIpc) is 2.27. The van der Waals surface area contributed by atoms with Crippen molar-refractivity contribution in [1.29, 1.82) is 0 Å². The third-order valence-corrected chi connectivity index (χ3v) is 2.34. The van der Waals surface area contributed by atoms with Gasteiger partial charge in [-0.2, -0.15) is 0 Å². The molecule has 0 rings (SSSR count). The standard InChI is InChI=1S/C11H20N2O5/c1-8(5-4-6-9(14)15)12-11(17)13(2)7-10(16)18-3/h8H,4-7H2,1-3H3,(H,12,17)(H,14,15). The van der Waals surface area contributed by atoms with Crippen molar-refractivity contribution in [3.05, 3.63) is 0 Å². The molecule has 1 unspecified atom stereocenters. The maximum absolute atomic E-state index is 11.6. The van der Waals surface area contributed by atoms with E-state index >= 15 is 0 Å². The van der Waals surface area contributed by atoms with Crippen LogP contribution in [0.2, 0.25) is 0 Å². The summed E-state index contributed by atoms with van der Waals surface area (Å²) in [7, 11) is 2.73. The molecule has 0 fully saturated rings. The van der Waals surface area contributed by atoms with E-state index < -0.39 is 11.9 Å². The van der Waals surface area contributed by atoms with Crippen LogP contribution in [-0.4, -0.2) is 54.7 Å². The third kappa shape index (κ3) is 7.48. The van der Waals surface area contributed by atoms with Crippen LogP contribution in [-0.2, 0) is 14.3 Å². The number of carbonyl (C=O) groups is 3. The van der Waals surface area contributed by atoms with Gasteiger partial charge in [-0.1, -0.05) is 0 Å². The van der Waals surface area contributed by atoms with Crippen LogP contribution in [0.1, 0.15) is 26.2 Å². The van der Waals surface area contributed by atoms with Gasteiger partial charge in [0.2, 0.25) is 0 Å². The highest BCUT2D eigenvalue weighted by Crippen LogP contribution is 2.01. The van der Waals surface area contributed by atoms with Crippen LogP contribution < -0.4 is 5.32 Å². The van der Waals surface area contributed by atoms with Gasteiger partial charge in [-0.15, -0.1) is 0 Å². The Balaban J connectivity index is 3.91. The highest BCUT2D eigenvalue weighted by molar-refractivity contribution is 5.80. The van der Waals surface area contributed by atoms with Gasteiger partial charge in [0.25, 0.3) is 0 Å². The summed E-state index contributed by atoms with van der Waals surface area (Å²) in [5.41, 5.74) is 0. The largest absolute Gasteiger partial charge is 0.481 e. The Morgan fingerprint density at radius 3 is 2.50 bits per heavy atom. The van der Waals surface area contributed by atoms with E-state index in [0.29, 0.717) is 12.8 Å². The minimum Gasteiger partial charge on any atom is -0.481 e. The van der Waals surface area contributed by atoms with Crippen molar-refractivity contribution < 1.29 is 24.2 Å². The number of esters is 1. The number of urea groups is 1. The number of hydrogen-bond acceptors (Lipinski definition) is 4. The summed E-state index contributed by atoms with van der Waals surface area (Å²) in [6, 6.07) is -0.528. The van der Waals surface area contributed by atoms with Gasteiger partial charge in [0.1, 0.15) is 6.54 Å². The Morgan fingerprint density at radius 2 is 2.00 bits per heavy atom. The van der Waals surface area contributed by atoms with Crippen molar-refractivity contribution in [3.8, 4) is 0 Å². The zero-order valence-corrected chi connectivity index (χ0v) is 10.9. The number of likely N-dealkylation sites (N-methyl/N-ethyl adjacent to an activating group) is 1. The second kappa shape index (κ2) is 8.32. The number of carbonyl (C=O) groups excluding carboxylic acids is 2. The maximum Gasteiger partial charge on any atom is 0.325 e. The molecule has 104 valence electrons. The molecule has 0 aliphatic rings. The van der Waals surface area contributed by atoms with Crippen LogP contribution >= 0.6 is 0 Å². The van der Waals surface area contributed by atoms with Crippen LogP contribution in [0.15, 0.2) is 0 Å². The highest BCUT2D eigenvalue weighted by atomic mass is 16.5. The monoisotopic (exact) mass is 260 g/mol. The predicted octanol–water partition coefficient (Wildman–Crippen LogP) is 0.444. The van der Waals surface area contributed by atoms with E-state index in [-0.39, 0.29) is 25.0 Å². The quantitative estimate of drug-likeness (QED) is 0.648. The lowest BCUT2D eigenvalue weighted by atomic mass is 10.1. The minimum atomic E-state index is -0.851. The van der Waals surface area contributed by atoms with Crippen LogP contribution in [0.3, 0.4) is 0 Å². The van der Waals surface area contributed by atoms with Crippen molar-refractivity contribution in [2.45, 2.75) is 32.2 Å². The second-order valence-corrected chi connectivity index (χ2v) is 4.07. The molecule has 0 aliphatic carbocycles. The van der Waals surface area contributed by atoms with Crippen molar-refractivity contribution in [2.75, 3.05) is 20.7 Å². The molecule has 7 nitrogen and oxygen atoms in total.